The highest BCUT2D eigenvalue weighted by Crippen LogP contribution is 2.46. The van der Waals surface area contributed by atoms with Gasteiger partial charge in [-0.25, -0.2) is 18.2 Å². The highest BCUT2D eigenvalue weighted by atomic mass is 32.1. The van der Waals surface area contributed by atoms with Crippen LogP contribution in [0.4, 0.5) is 37.3 Å². The molecule has 42 heavy (non-hydrogen) atoms. The monoisotopic (exact) mass is 611 g/mol. The molecular formula is C27H27F6N7OS. The van der Waals surface area contributed by atoms with E-state index in [2.05, 4.69) is 20.3 Å². The van der Waals surface area contributed by atoms with Gasteiger partial charge in [0.25, 0.3) is 0 Å². The summed E-state index contributed by atoms with van der Waals surface area (Å²) < 4.78 is 93.6. The van der Waals surface area contributed by atoms with Crippen molar-refractivity contribution in [3.63, 3.8) is 0 Å². The predicted octanol–water partition coefficient (Wildman–Crippen LogP) is 5.01. The van der Waals surface area contributed by atoms with Gasteiger partial charge in [0.15, 0.2) is 10.9 Å². The summed E-state index contributed by atoms with van der Waals surface area (Å²) in [5, 5.41) is 2.97. The zero-order valence-corrected chi connectivity index (χ0v) is 23.1. The molecule has 224 valence electrons. The molecule has 8 nitrogen and oxygen atoms in total. The Morgan fingerprint density at radius 1 is 1.07 bits per heavy atom. The maximum atomic E-state index is 16.5. The Kier molecular flexibility index (Phi) is 7.74. The molecule has 2 aliphatic heterocycles. The summed E-state index contributed by atoms with van der Waals surface area (Å²) in [4.78, 5) is 16.4. The number of nitrogens with zero attached hydrogens (tertiary/aromatic N) is 5. The minimum atomic E-state index is -4.98. The molecule has 0 amide bonds. The van der Waals surface area contributed by atoms with Crippen molar-refractivity contribution in [2.24, 2.45) is 0 Å². The molecule has 2 aliphatic rings. The van der Waals surface area contributed by atoms with Crippen LogP contribution in [0.3, 0.4) is 0 Å². The number of thiazole rings is 1. The van der Waals surface area contributed by atoms with Crippen LogP contribution in [-0.4, -0.2) is 78.4 Å². The van der Waals surface area contributed by atoms with Gasteiger partial charge >= 0.3 is 12.2 Å². The third-order valence-electron chi connectivity index (χ3n) is 7.67. The van der Waals surface area contributed by atoms with Crippen molar-refractivity contribution >= 4 is 43.4 Å². The van der Waals surface area contributed by atoms with E-state index in [-0.39, 0.29) is 62.8 Å². The number of nitrogens with one attached hydrogen (secondary N) is 1. The van der Waals surface area contributed by atoms with E-state index in [9.17, 15) is 22.0 Å². The normalized spacial score (nSPS) is 18.4. The molecule has 0 radical (unpaired) electrons. The molecule has 0 spiro atoms. The molecule has 2 aromatic carbocycles. The van der Waals surface area contributed by atoms with Crippen LogP contribution in [0.2, 0.25) is 0 Å². The second-order valence-electron chi connectivity index (χ2n) is 10.2. The quantitative estimate of drug-likeness (QED) is 0.282. The van der Waals surface area contributed by atoms with Gasteiger partial charge in [-0.15, -0.1) is 0 Å². The lowest BCUT2D eigenvalue weighted by Crippen LogP contribution is -2.44. The molecule has 0 aliphatic carbocycles. The third kappa shape index (κ3) is 5.28. The molecule has 4 heterocycles. The van der Waals surface area contributed by atoms with Crippen LogP contribution in [-0.2, 0) is 6.18 Å². The Morgan fingerprint density at radius 2 is 1.86 bits per heavy atom. The number of rotatable bonds is 7. The number of aromatic nitrogens is 3. The number of anilines is 2. The van der Waals surface area contributed by atoms with Crippen LogP contribution in [0.15, 0.2) is 18.2 Å². The number of fused-ring (bicyclic) bond motifs is 2. The molecule has 1 atom stereocenters. The van der Waals surface area contributed by atoms with E-state index in [0.717, 1.165) is 42.4 Å². The van der Waals surface area contributed by atoms with E-state index in [4.69, 9.17) is 10.5 Å². The first-order valence-corrected chi connectivity index (χ1v) is 14.3. The highest BCUT2D eigenvalue weighted by Gasteiger charge is 2.38. The van der Waals surface area contributed by atoms with Crippen LogP contribution < -0.4 is 20.7 Å². The summed E-state index contributed by atoms with van der Waals surface area (Å²) >= 11 is 0.759. The number of hydrogen-bond donors (Lipinski definition) is 2. The zero-order chi connectivity index (χ0) is 29.6. The van der Waals surface area contributed by atoms with Crippen molar-refractivity contribution in [1.29, 1.82) is 0 Å². The standard InChI is InChI=1S/C27H27F6N7OS/c28-5-9-39-8-1-2-14(39)13-41-26-37-21-16(24(38-26)40-10-6-35-7-11-40)12-17(27(31,32)33)19(20(21)30)15-3-4-18(29)23-22(15)36-25(34)42-23/h3-4,12,14,35H,1-2,5-11,13H2,(H2,34,36)/t14-/m0/s1. The van der Waals surface area contributed by atoms with Crippen molar-refractivity contribution in [2.45, 2.75) is 25.1 Å². The van der Waals surface area contributed by atoms with Crippen LogP contribution in [0.5, 0.6) is 6.01 Å². The Morgan fingerprint density at radius 3 is 2.60 bits per heavy atom. The lowest BCUT2D eigenvalue weighted by molar-refractivity contribution is -0.137. The van der Waals surface area contributed by atoms with Gasteiger partial charge in [0.2, 0.25) is 0 Å². The first-order valence-electron chi connectivity index (χ1n) is 13.5. The SMILES string of the molecule is Nc1nc2c(-c3c(C(F)(F)F)cc4c(N5CCNCC5)nc(OC[C@@H]5CCCN5CCF)nc4c3F)ccc(F)c2s1. The summed E-state index contributed by atoms with van der Waals surface area (Å²) in [6.07, 6.45) is -3.35. The number of nitrogen functional groups attached to an aromatic ring is 1. The second kappa shape index (κ2) is 11.3. The van der Waals surface area contributed by atoms with E-state index in [1.165, 1.54) is 0 Å². The van der Waals surface area contributed by atoms with Crippen molar-refractivity contribution in [1.82, 2.24) is 25.2 Å². The number of alkyl halides is 4. The summed E-state index contributed by atoms with van der Waals surface area (Å²) in [7, 11) is 0. The lowest BCUT2D eigenvalue weighted by Gasteiger charge is -2.30. The van der Waals surface area contributed by atoms with E-state index in [1.807, 2.05) is 4.90 Å². The van der Waals surface area contributed by atoms with Gasteiger partial charge in [-0.05, 0) is 37.6 Å². The van der Waals surface area contributed by atoms with Crippen LogP contribution in [0, 0.1) is 11.6 Å². The maximum absolute atomic E-state index is 16.5. The zero-order valence-electron chi connectivity index (χ0n) is 22.3. The number of likely N-dealkylation sites (tertiary alicyclic amines) is 1. The van der Waals surface area contributed by atoms with Crippen LogP contribution in [0.1, 0.15) is 18.4 Å². The molecular weight excluding hydrogens is 584 g/mol. The molecule has 15 heteroatoms. The van der Waals surface area contributed by atoms with E-state index in [0.29, 0.717) is 32.7 Å². The maximum Gasteiger partial charge on any atom is 0.417 e. The summed E-state index contributed by atoms with van der Waals surface area (Å²) in [5.41, 5.74) is 2.85. The molecule has 6 rings (SSSR count). The van der Waals surface area contributed by atoms with E-state index < -0.39 is 35.6 Å². The Hall–Kier alpha value is -3.43. The molecule has 0 saturated carbocycles. The van der Waals surface area contributed by atoms with E-state index >= 15 is 4.39 Å². The first-order chi connectivity index (χ1) is 20.2. The summed E-state index contributed by atoms with van der Waals surface area (Å²) in [5.74, 6) is -1.88. The van der Waals surface area contributed by atoms with Gasteiger partial charge in [0, 0.05) is 55.3 Å². The average Bonchev–Trinajstić information content (AvgIpc) is 3.59. The third-order valence-corrected chi connectivity index (χ3v) is 8.56. The largest absolute Gasteiger partial charge is 0.462 e. The molecule has 2 saturated heterocycles. The van der Waals surface area contributed by atoms with Crippen molar-refractivity contribution < 1.29 is 31.1 Å². The fraction of sp³-hybridized carbons (Fsp3) is 0.444. The summed E-state index contributed by atoms with van der Waals surface area (Å²) in [6.45, 7) is 2.50. The summed E-state index contributed by atoms with van der Waals surface area (Å²) in [6, 6.07) is 2.56. The Bertz CT molecular complexity index is 1620. The smallest absolute Gasteiger partial charge is 0.417 e. The van der Waals surface area contributed by atoms with Crippen LogP contribution >= 0.6 is 11.3 Å². The Balaban J connectivity index is 1.54. The molecule has 2 aromatic heterocycles. The van der Waals surface area contributed by atoms with Gasteiger partial charge in [0.1, 0.15) is 30.4 Å². The fourth-order valence-electron chi connectivity index (χ4n) is 5.71. The predicted molar refractivity (Wildman–Crippen MR) is 149 cm³/mol. The minimum Gasteiger partial charge on any atom is -0.462 e. The number of benzene rings is 2. The number of halogens is 6. The molecule has 0 unspecified atom stereocenters. The number of piperazine rings is 1. The molecule has 2 fully saturated rings. The van der Waals surface area contributed by atoms with Gasteiger partial charge in [-0.2, -0.15) is 23.1 Å². The second-order valence-corrected chi connectivity index (χ2v) is 11.3. The first kappa shape index (κ1) is 28.7. The number of nitrogens with two attached hydrogens (primary N) is 1. The average molecular weight is 612 g/mol. The number of hydrogen-bond acceptors (Lipinski definition) is 9. The van der Waals surface area contributed by atoms with Gasteiger partial charge in [-0.1, -0.05) is 11.3 Å². The fourth-order valence-corrected chi connectivity index (χ4v) is 6.48. The van der Waals surface area contributed by atoms with E-state index in [1.54, 1.807) is 4.90 Å². The molecule has 0 bridgehead atoms. The minimum absolute atomic E-state index is 0.0705. The van der Waals surface area contributed by atoms with Crippen molar-refractivity contribution in [2.75, 3.05) is 63.2 Å². The highest BCUT2D eigenvalue weighted by molar-refractivity contribution is 7.22. The van der Waals surface area contributed by atoms with Gasteiger partial charge < -0.3 is 20.7 Å². The topological polar surface area (TPSA) is 92.4 Å². The van der Waals surface area contributed by atoms with Crippen molar-refractivity contribution in [3.05, 3.63) is 35.4 Å². The Labute approximate surface area is 240 Å². The molecule has 4 aromatic rings. The molecule has 3 N–H and O–H groups in total. The number of ether oxygens (including phenoxy) is 1. The lowest BCUT2D eigenvalue weighted by atomic mass is 9.95. The van der Waals surface area contributed by atoms with Crippen LogP contribution in [0.25, 0.3) is 32.2 Å². The van der Waals surface area contributed by atoms with Crippen molar-refractivity contribution in [3.8, 4) is 17.1 Å². The van der Waals surface area contributed by atoms with Gasteiger partial charge in [0.05, 0.1) is 15.8 Å². The van der Waals surface area contributed by atoms with Gasteiger partial charge in [-0.3, -0.25) is 4.90 Å².